The van der Waals surface area contributed by atoms with Gasteiger partial charge in [0.15, 0.2) is 11.5 Å². The van der Waals surface area contributed by atoms with Crippen molar-refractivity contribution in [1.29, 1.82) is 0 Å². The van der Waals surface area contributed by atoms with Crippen LogP contribution in [-0.4, -0.2) is 19.3 Å². The van der Waals surface area contributed by atoms with Crippen LogP contribution in [-0.2, 0) is 6.42 Å². The summed E-state index contributed by atoms with van der Waals surface area (Å²) in [5.41, 5.74) is 2.79. The summed E-state index contributed by atoms with van der Waals surface area (Å²) in [6.07, 6.45) is 0.254. The zero-order valence-corrected chi connectivity index (χ0v) is 12.1. The van der Waals surface area contributed by atoms with Crippen LogP contribution in [0.2, 0.25) is 0 Å². The van der Waals surface area contributed by atoms with Gasteiger partial charge in [0, 0.05) is 5.56 Å². The zero-order chi connectivity index (χ0) is 14.5. The molecule has 1 unspecified atom stereocenters. The summed E-state index contributed by atoms with van der Waals surface area (Å²) in [6.45, 7) is 2.11. The monoisotopic (exact) mass is 272 g/mol. The van der Waals surface area contributed by atoms with Crippen molar-refractivity contribution in [2.24, 2.45) is 0 Å². The van der Waals surface area contributed by atoms with Crippen molar-refractivity contribution in [3.05, 3.63) is 59.2 Å². The Kier molecular flexibility index (Phi) is 4.64. The van der Waals surface area contributed by atoms with E-state index in [0.717, 1.165) is 12.0 Å². The summed E-state index contributed by atoms with van der Waals surface area (Å²) in [7, 11) is 3.16. The third-order valence-electron chi connectivity index (χ3n) is 3.43. The fourth-order valence-corrected chi connectivity index (χ4v) is 2.24. The van der Waals surface area contributed by atoms with E-state index in [9.17, 15) is 5.11 Å². The van der Waals surface area contributed by atoms with E-state index in [2.05, 4.69) is 6.92 Å². The first-order valence-corrected chi connectivity index (χ1v) is 6.69. The summed E-state index contributed by atoms with van der Waals surface area (Å²) in [6, 6.07) is 13.5. The molecule has 2 rings (SSSR count). The first kappa shape index (κ1) is 14.4. The van der Waals surface area contributed by atoms with Crippen molar-refractivity contribution >= 4 is 0 Å². The van der Waals surface area contributed by atoms with Gasteiger partial charge in [0.1, 0.15) is 6.10 Å². The van der Waals surface area contributed by atoms with Crippen molar-refractivity contribution in [2.75, 3.05) is 14.2 Å². The van der Waals surface area contributed by atoms with E-state index in [1.54, 1.807) is 14.2 Å². The van der Waals surface area contributed by atoms with Gasteiger partial charge in [-0.05, 0) is 23.6 Å². The van der Waals surface area contributed by atoms with Crippen LogP contribution in [0.5, 0.6) is 11.5 Å². The van der Waals surface area contributed by atoms with Gasteiger partial charge in [0.25, 0.3) is 0 Å². The van der Waals surface area contributed by atoms with Gasteiger partial charge in [0.2, 0.25) is 0 Å². The SMILES string of the molecule is CCc1ccc(C(O)c2cccc(OC)c2OC)cc1. The average molecular weight is 272 g/mol. The van der Waals surface area contributed by atoms with Crippen LogP contribution in [0.3, 0.4) is 0 Å². The summed E-state index contributed by atoms with van der Waals surface area (Å²) in [4.78, 5) is 0. The highest BCUT2D eigenvalue weighted by Gasteiger charge is 2.18. The van der Waals surface area contributed by atoms with Crippen molar-refractivity contribution in [3.8, 4) is 11.5 Å². The van der Waals surface area contributed by atoms with Gasteiger partial charge >= 0.3 is 0 Å². The number of para-hydroxylation sites is 1. The first-order valence-electron chi connectivity index (χ1n) is 6.69. The molecule has 0 aliphatic heterocycles. The summed E-state index contributed by atoms with van der Waals surface area (Å²) < 4.78 is 10.6. The molecule has 0 saturated heterocycles. The largest absolute Gasteiger partial charge is 0.493 e. The molecule has 0 bridgehead atoms. The zero-order valence-electron chi connectivity index (χ0n) is 12.1. The lowest BCUT2D eigenvalue weighted by atomic mass is 9.99. The predicted molar refractivity (Wildman–Crippen MR) is 79.4 cm³/mol. The molecule has 0 aliphatic carbocycles. The van der Waals surface area contributed by atoms with Crippen LogP contribution in [0, 0.1) is 0 Å². The second-order valence-electron chi connectivity index (χ2n) is 4.58. The standard InChI is InChI=1S/C17H20O3/c1-4-12-8-10-13(11-9-12)16(18)14-6-5-7-15(19-2)17(14)20-3/h5-11,16,18H,4H2,1-3H3. The molecule has 0 heterocycles. The minimum absolute atomic E-state index is 0.571. The lowest BCUT2D eigenvalue weighted by molar-refractivity contribution is 0.213. The van der Waals surface area contributed by atoms with E-state index in [4.69, 9.17) is 9.47 Å². The van der Waals surface area contributed by atoms with E-state index < -0.39 is 6.10 Å². The second-order valence-corrected chi connectivity index (χ2v) is 4.58. The first-order chi connectivity index (χ1) is 9.71. The van der Waals surface area contributed by atoms with Crippen LogP contribution in [0.1, 0.15) is 29.7 Å². The van der Waals surface area contributed by atoms with Gasteiger partial charge in [-0.3, -0.25) is 0 Å². The molecule has 1 atom stereocenters. The number of benzene rings is 2. The maximum absolute atomic E-state index is 10.6. The number of ether oxygens (including phenoxy) is 2. The number of hydrogen-bond donors (Lipinski definition) is 1. The fourth-order valence-electron chi connectivity index (χ4n) is 2.24. The Morgan fingerprint density at radius 3 is 2.25 bits per heavy atom. The van der Waals surface area contributed by atoms with Gasteiger partial charge in [-0.25, -0.2) is 0 Å². The molecule has 0 radical (unpaired) electrons. The van der Waals surface area contributed by atoms with E-state index in [0.29, 0.717) is 17.1 Å². The minimum atomic E-state index is -0.731. The molecule has 0 saturated carbocycles. The molecule has 20 heavy (non-hydrogen) atoms. The molecule has 3 nitrogen and oxygen atoms in total. The number of aliphatic hydroxyl groups is 1. The summed E-state index contributed by atoms with van der Waals surface area (Å²) in [5, 5.41) is 10.6. The van der Waals surface area contributed by atoms with Crippen molar-refractivity contribution in [1.82, 2.24) is 0 Å². The predicted octanol–water partition coefficient (Wildman–Crippen LogP) is 3.35. The number of rotatable bonds is 5. The summed E-state index contributed by atoms with van der Waals surface area (Å²) in [5.74, 6) is 1.19. The molecule has 0 fully saturated rings. The second kappa shape index (κ2) is 6.44. The lowest BCUT2D eigenvalue weighted by Crippen LogP contribution is -2.04. The third kappa shape index (κ3) is 2.78. The lowest BCUT2D eigenvalue weighted by Gasteiger charge is -2.17. The smallest absolute Gasteiger partial charge is 0.166 e. The number of aryl methyl sites for hydroxylation is 1. The van der Waals surface area contributed by atoms with Crippen molar-refractivity contribution in [3.63, 3.8) is 0 Å². The number of methoxy groups -OCH3 is 2. The Hall–Kier alpha value is -2.00. The number of aliphatic hydroxyl groups excluding tert-OH is 1. The Morgan fingerprint density at radius 1 is 1.00 bits per heavy atom. The van der Waals surface area contributed by atoms with Gasteiger partial charge in [-0.15, -0.1) is 0 Å². The van der Waals surface area contributed by atoms with Crippen LogP contribution in [0.4, 0.5) is 0 Å². The summed E-state index contributed by atoms with van der Waals surface area (Å²) >= 11 is 0. The number of hydrogen-bond acceptors (Lipinski definition) is 3. The van der Waals surface area contributed by atoms with Crippen LogP contribution in [0.15, 0.2) is 42.5 Å². The van der Waals surface area contributed by atoms with Gasteiger partial charge in [0.05, 0.1) is 14.2 Å². The molecule has 3 heteroatoms. The average Bonchev–Trinajstić information content (AvgIpc) is 2.53. The van der Waals surface area contributed by atoms with E-state index in [1.165, 1.54) is 5.56 Å². The van der Waals surface area contributed by atoms with E-state index in [-0.39, 0.29) is 0 Å². The maximum Gasteiger partial charge on any atom is 0.166 e. The maximum atomic E-state index is 10.6. The highest BCUT2D eigenvalue weighted by molar-refractivity contribution is 5.50. The molecule has 106 valence electrons. The third-order valence-corrected chi connectivity index (χ3v) is 3.43. The molecule has 0 aliphatic rings. The van der Waals surface area contributed by atoms with Gasteiger partial charge in [-0.1, -0.05) is 43.3 Å². The van der Waals surface area contributed by atoms with Crippen LogP contribution >= 0.6 is 0 Å². The van der Waals surface area contributed by atoms with E-state index in [1.807, 2.05) is 42.5 Å². The topological polar surface area (TPSA) is 38.7 Å². The molecule has 0 spiro atoms. The van der Waals surface area contributed by atoms with Crippen LogP contribution < -0.4 is 9.47 Å². The Bertz CT molecular complexity index is 561. The highest BCUT2D eigenvalue weighted by atomic mass is 16.5. The van der Waals surface area contributed by atoms with Crippen LogP contribution in [0.25, 0.3) is 0 Å². The molecular weight excluding hydrogens is 252 g/mol. The van der Waals surface area contributed by atoms with Gasteiger partial charge in [-0.2, -0.15) is 0 Å². The fraction of sp³-hybridized carbons (Fsp3) is 0.294. The highest BCUT2D eigenvalue weighted by Crippen LogP contribution is 2.36. The molecule has 2 aromatic rings. The molecule has 0 aromatic heterocycles. The minimum Gasteiger partial charge on any atom is -0.493 e. The van der Waals surface area contributed by atoms with Crippen molar-refractivity contribution in [2.45, 2.75) is 19.4 Å². The molecule has 2 aromatic carbocycles. The van der Waals surface area contributed by atoms with Crippen molar-refractivity contribution < 1.29 is 14.6 Å². The normalized spacial score (nSPS) is 12.0. The Balaban J connectivity index is 2.39. The van der Waals surface area contributed by atoms with Gasteiger partial charge < -0.3 is 14.6 Å². The quantitative estimate of drug-likeness (QED) is 0.907. The van der Waals surface area contributed by atoms with E-state index >= 15 is 0 Å². The molecule has 1 N–H and O–H groups in total. The Morgan fingerprint density at radius 2 is 1.70 bits per heavy atom. The Labute approximate surface area is 119 Å². The molecular formula is C17H20O3. The molecule has 0 amide bonds.